The summed E-state index contributed by atoms with van der Waals surface area (Å²) in [5, 5.41) is -0.822. The van der Waals surface area contributed by atoms with E-state index in [-0.39, 0.29) is 4.96 Å². The van der Waals surface area contributed by atoms with Crippen molar-refractivity contribution in [1.29, 1.82) is 0 Å². The fourth-order valence-electron chi connectivity index (χ4n) is 2.37. The van der Waals surface area contributed by atoms with E-state index in [1.54, 1.807) is 24.3 Å². The Balaban J connectivity index is 2.38. The average molecular weight is 324 g/mol. The Hall–Kier alpha value is -2.48. The first-order valence-corrected chi connectivity index (χ1v) is 6.88. The number of hydrogen-bond donors (Lipinski definition) is 0. The second kappa shape index (κ2) is 4.26. The third kappa shape index (κ3) is 1.50. The van der Waals surface area contributed by atoms with E-state index in [1.807, 2.05) is 0 Å². The molecule has 4 aromatic rings. The third-order valence-electron chi connectivity index (χ3n) is 3.36. The van der Waals surface area contributed by atoms with Crippen LogP contribution in [0, 0.1) is 23.3 Å². The van der Waals surface area contributed by atoms with Gasteiger partial charge < -0.3 is 0 Å². The predicted molar refractivity (Wildman–Crippen MR) is 74.2 cm³/mol. The number of halogens is 4. The zero-order valence-electron chi connectivity index (χ0n) is 10.5. The van der Waals surface area contributed by atoms with Gasteiger partial charge in [-0.2, -0.15) is 0 Å². The summed E-state index contributed by atoms with van der Waals surface area (Å²) in [5.41, 5.74) is -0.161. The number of nitrogens with zero attached hydrogens (tertiary/aromatic N) is 2. The van der Waals surface area contributed by atoms with Gasteiger partial charge in [-0.05, 0) is 12.1 Å². The van der Waals surface area contributed by atoms with Gasteiger partial charge in [0.2, 0.25) is 0 Å². The Labute approximate surface area is 123 Å². The van der Waals surface area contributed by atoms with E-state index < -0.39 is 38.9 Å². The molecule has 110 valence electrons. The molecule has 0 bridgehead atoms. The summed E-state index contributed by atoms with van der Waals surface area (Å²) in [4.78, 5) is 16.6. The fraction of sp³-hybridized carbons (Fsp3) is 0. The van der Waals surface area contributed by atoms with Crippen LogP contribution in [0.2, 0.25) is 0 Å². The average Bonchev–Trinajstić information content (AvgIpc) is 2.89. The zero-order chi connectivity index (χ0) is 15.6. The lowest BCUT2D eigenvalue weighted by Crippen LogP contribution is -2.15. The summed E-state index contributed by atoms with van der Waals surface area (Å²) in [5.74, 6) is -7.24. The molecule has 0 atom stereocenters. The van der Waals surface area contributed by atoms with Crippen LogP contribution in [0.25, 0.3) is 26.1 Å². The highest BCUT2D eigenvalue weighted by Crippen LogP contribution is 2.30. The van der Waals surface area contributed by atoms with Crippen molar-refractivity contribution in [2.75, 3.05) is 0 Å². The van der Waals surface area contributed by atoms with Crippen LogP contribution in [0.1, 0.15) is 0 Å². The summed E-state index contributed by atoms with van der Waals surface area (Å²) in [6.45, 7) is 0. The van der Waals surface area contributed by atoms with E-state index in [4.69, 9.17) is 0 Å². The minimum Gasteiger partial charge on any atom is -0.268 e. The minimum absolute atomic E-state index is 0.0722. The van der Waals surface area contributed by atoms with Crippen LogP contribution in [0.3, 0.4) is 0 Å². The molecule has 0 N–H and O–H groups in total. The highest BCUT2D eigenvalue weighted by atomic mass is 32.1. The van der Waals surface area contributed by atoms with Crippen molar-refractivity contribution in [3.05, 3.63) is 57.9 Å². The van der Waals surface area contributed by atoms with Gasteiger partial charge in [0, 0.05) is 0 Å². The van der Waals surface area contributed by atoms with Crippen molar-refractivity contribution in [2.45, 2.75) is 0 Å². The topological polar surface area (TPSA) is 34.4 Å². The molecule has 4 rings (SSSR count). The highest BCUT2D eigenvalue weighted by Gasteiger charge is 2.25. The smallest absolute Gasteiger partial charge is 0.268 e. The van der Waals surface area contributed by atoms with Gasteiger partial charge in [-0.3, -0.25) is 4.79 Å². The van der Waals surface area contributed by atoms with Crippen molar-refractivity contribution in [3.63, 3.8) is 0 Å². The van der Waals surface area contributed by atoms with Crippen LogP contribution < -0.4 is 5.56 Å². The summed E-state index contributed by atoms with van der Waals surface area (Å²) in [6.07, 6.45) is 0. The Morgan fingerprint density at radius 3 is 2.41 bits per heavy atom. The molecular formula is C14H4F4N2OS. The molecule has 2 aromatic heterocycles. The monoisotopic (exact) mass is 324 g/mol. The molecule has 0 aliphatic carbocycles. The number of benzene rings is 2. The van der Waals surface area contributed by atoms with E-state index in [0.29, 0.717) is 22.4 Å². The first-order valence-electron chi connectivity index (χ1n) is 6.06. The van der Waals surface area contributed by atoms with E-state index in [0.717, 1.165) is 4.40 Å². The molecule has 0 fully saturated rings. The maximum absolute atomic E-state index is 13.9. The second-order valence-electron chi connectivity index (χ2n) is 4.59. The molecule has 0 unspecified atom stereocenters. The second-order valence-corrected chi connectivity index (χ2v) is 5.56. The Morgan fingerprint density at radius 1 is 0.955 bits per heavy atom. The zero-order valence-corrected chi connectivity index (χ0v) is 11.3. The molecule has 0 aliphatic rings. The molecule has 2 heterocycles. The van der Waals surface area contributed by atoms with Crippen molar-refractivity contribution in [1.82, 2.24) is 9.38 Å². The van der Waals surface area contributed by atoms with Crippen LogP contribution in [-0.4, -0.2) is 9.38 Å². The lowest BCUT2D eigenvalue weighted by molar-refractivity contribution is 0.418. The van der Waals surface area contributed by atoms with Crippen LogP contribution >= 0.6 is 11.3 Å². The molecule has 0 aliphatic heterocycles. The van der Waals surface area contributed by atoms with Gasteiger partial charge in [0.05, 0.1) is 21.1 Å². The van der Waals surface area contributed by atoms with Crippen LogP contribution in [0.15, 0.2) is 29.1 Å². The van der Waals surface area contributed by atoms with Gasteiger partial charge in [-0.15, -0.1) is 0 Å². The molecule has 0 saturated heterocycles. The van der Waals surface area contributed by atoms with Gasteiger partial charge in [-0.1, -0.05) is 23.5 Å². The lowest BCUT2D eigenvalue weighted by atomic mass is 10.2. The van der Waals surface area contributed by atoms with Gasteiger partial charge in [0.15, 0.2) is 28.2 Å². The van der Waals surface area contributed by atoms with E-state index in [1.165, 1.54) is 0 Å². The number of imidazole rings is 1. The standard InChI is InChI=1S/C14H4F4N2OS/c15-8-7-12(11(18)10(17)9(8)16)22-14-19-5-3-1-2-4-6(5)20(14)13(7)21/h1-4H. The predicted octanol–water partition coefficient (Wildman–Crippen LogP) is 3.62. The van der Waals surface area contributed by atoms with E-state index in [2.05, 4.69) is 4.98 Å². The quantitative estimate of drug-likeness (QED) is 0.281. The van der Waals surface area contributed by atoms with E-state index >= 15 is 0 Å². The van der Waals surface area contributed by atoms with Crippen LogP contribution in [0.5, 0.6) is 0 Å². The number of aromatic nitrogens is 2. The summed E-state index contributed by atoms with van der Waals surface area (Å²) < 4.78 is 55.0. The molecule has 3 nitrogen and oxygen atoms in total. The molecule has 0 saturated carbocycles. The number of fused-ring (bicyclic) bond motifs is 4. The molecule has 22 heavy (non-hydrogen) atoms. The normalized spacial score (nSPS) is 11.8. The summed E-state index contributed by atoms with van der Waals surface area (Å²) in [7, 11) is 0. The maximum atomic E-state index is 13.9. The number of hydrogen-bond acceptors (Lipinski definition) is 3. The molecule has 0 spiro atoms. The van der Waals surface area contributed by atoms with E-state index in [9.17, 15) is 22.4 Å². The maximum Gasteiger partial charge on any atom is 0.269 e. The number of rotatable bonds is 0. The van der Waals surface area contributed by atoms with Crippen molar-refractivity contribution in [3.8, 4) is 0 Å². The van der Waals surface area contributed by atoms with Gasteiger partial charge in [0.1, 0.15) is 0 Å². The lowest BCUT2D eigenvalue weighted by Gasteiger charge is -2.04. The van der Waals surface area contributed by atoms with Crippen LogP contribution in [0.4, 0.5) is 17.6 Å². The third-order valence-corrected chi connectivity index (χ3v) is 4.41. The largest absolute Gasteiger partial charge is 0.269 e. The van der Waals surface area contributed by atoms with Crippen molar-refractivity contribution >= 4 is 37.4 Å². The summed E-state index contributed by atoms with van der Waals surface area (Å²) in [6, 6.07) is 6.52. The van der Waals surface area contributed by atoms with Crippen LogP contribution in [-0.2, 0) is 0 Å². The van der Waals surface area contributed by atoms with Crippen molar-refractivity contribution in [2.24, 2.45) is 0 Å². The first kappa shape index (κ1) is 13.2. The Bertz CT molecular complexity index is 1150. The van der Waals surface area contributed by atoms with Gasteiger partial charge in [-0.25, -0.2) is 26.9 Å². The Morgan fingerprint density at radius 2 is 1.64 bits per heavy atom. The minimum atomic E-state index is -2.00. The summed E-state index contributed by atoms with van der Waals surface area (Å²) >= 11 is 0.585. The Kier molecular flexibility index (Phi) is 2.56. The van der Waals surface area contributed by atoms with Gasteiger partial charge >= 0.3 is 0 Å². The molecular weight excluding hydrogens is 320 g/mol. The SMILES string of the molecule is O=c1c2c(F)c(F)c(F)c(F)c2sc2nc3ccccc3n12. The van der Waals surface area contributed by atoms with Crippen molar-refractivity contribution < 1.29 is 17.6 Å². The van der Waals surface area contributed by atoms with Gasteiger partial charge in [0.25, 0.3) is 5.56 Å². The molecule has 0 radical (unpaired) electrons. The first-order chi connectivity index (χ1) is 10.5. The molecule has 2 aromatic carbocycles. The fourth-order valence-corrected chi connectivity index (χ4v) is 3.43. The molecule has 0 amide bonds. The number of para-hydroxylation sites is 2. The molecule has 8 heteroatoms. The highest BCUT2D eigenvalue weighted by molar-refractivity contribution is 7.23.